The zero-order valence-corrected chi connectivity index (χ0v) is 11.9. The zero-order valence-electron chi connectivity index (χ0n) is 10.4. The van der Waals surface area contributed by atoms with E-state index in [1.54, 1.807) is 0 Å². The predicted octanol–water partition coefficient (Wildman–Crippen LogP) is 4.62. The number of fused-ring (bicyclic) bond motifs is 1. The van der Waals surface area contributed by atoms with Gasteiger partial charge in [-0.2, -0.15) is 0 Å². The van der Waals surface area contributed by atoms with Gasteiger partial charge in [0.25, 0.3) is 0 Å². The topological polar surface area (TPSA) is 33.1 Å². The molecule has 1 unspecified atom stereocenters. The summed E-state index contributed by atoms with van der Waals surface area (Å²) in [6, 6.07) is 15.0. The summed E-state index contributed by atoms with van der Waals surface area (Å²) in [6.07, 6.45) is 0.829. The molecule has 0 aliphatic carbocycles. The minimum absolute atomic E-state index is 0.381. The molecule has 0 bridgehead atoms. The van der Waals surface area contributed by atoms with Gasteiger partial charge in [-0.1, -0.05) is 65.7 Å². The first-order valence-corrected chi connectivity index (χ1v) is 6.89. The van der Waals surface area contributed by atoms with Crippen molar-refractivity contribution >= 4 is 34.0 Å². The molecule has 0 spiro atoms. The summed E-state index contributed by atoms with van der Waals surface area (Å²) >= 11 is 12.2. The third-order valence-corrected chi connectivity index (χ3v) is 3.85. The molecule has 100 valence electrons. The van der Waals surface area contributed by atoms with Crippen molar-refractivity contribution in [2.45, 2.75) is 6.10 Å². The zero-order chi connectivity index (χ0) is 14.1. The molecular formula is C16H11Cl2NO. The third-order valence-electron chi connectivity index (χ3n) is 3.25. The minimum atomic E-state index is -0.698. The fourth-order valence-corrected chi connectivity index (χ4v) is 2.61. The lowest BCUT2D eigenvalue weighted by Gasteiger charge is -2.13. The maximum Gasteiger partial charge on any atom is 0.136 e. The molecule has 4 heteroatoms. The van der Waals surface area contributed by atoms with Crippen molar-refractivity contribution in [3.05, 3.63) is 76.0 Å². The van der Waals surface area contributed by atoms with E-state index < -0.39 is 6.10 Å². The van der Waals surface area contributed by atoms with Crippen LogP contribution in [0.5, 0.6) is 0 Å². The molecular weight excluding hydrogens is 293 g/mol. The standard InChI is InChI=1S/C16H11Cl2NO/c17-14-9-19-16(18)13-8-11(6-7-12(13)14)15(20)10-4-2-1-3-5-10/h1-9,15,20H. The number of nitrogens with zero attached hydrogens (tertiary/aromatic N) is 1. The molecule has 1 atom stereocenters. The van der Waals surface area contributed by atoms with Gasteiger partial charge in [-0.25, -0.2) is 4.98 Å². The molecule has 1 N–H and O–H groups in total. The van der Waals surface area contributed by atoms with Crippen molar-refractivity contribution in [2.75, 3.05) is 0 Å². The van der Waals surface area contributed by atoms with Crippen LogP contribution in [0.2, 0.25) is 10.2 Å². The summed E-state index contributed by atoms with van der Waals surface area (Å²) in [4.78, 5) is 4.03. The Morgan fingerprint density at radius 1 is 0.900 bits per heavy atom. The molecule has 0 aliphatic heterocycles. The lowest BCUT2D eigenvalue weighted by molar-refractivity contribution is 0.220. The van der Waals surface area contributed by atoms with Gasteiger partial charge in [0, 0.05) is 17.0 Å². The Kier molecular flexibility index (Phi) is 3.62. The predicted molar refractivity (Wildman–Crippen MR) is 82.3 cm³/mol. The minimum Gasteiger partial charge on any atom is -0.384 e. The Labute approximate surface area is 126 Å². The second kappa shape index (κ2) is 5.41. The molecule has 2 aromatic carbocycles. The molecule has 0 fully saturated rings. The lowest BCUT2D eigenvalue weighted by atomic mass is 9.99. The molecule has 1 aromatic heterocycles. The Hall–Kier alpha value is -1.61. The van der Waals surface area contributed by atoms with Crippen molar-refractivity contribution < 1.29 is 5.11 Å². The number of aliphatic hydroxyl groups excluding tert-OH is 1. The Morgan fingerprint density at radius 3 is 2.40 bits per heavy atom. The number of halogens is 2. The van der Waals surface area contributed by atoms with Gasteiger partial charge in [-0.15, -0.1) is 0 Å². The molecule has 1 heterocycles. The van der Waals surface area contributed by atoms with E-state index in [2.05, 4.69) is 4.98 Å². The van der Waals surface area contributed by atoms with E-state index in [1.165, 1.54) is 6.20 Å². The number of aromatic nitrogens is 1. The summed E-state index contributed by atoms with van der Waals surface area (Å²) in [5, 5.41) is 12.9. The Morgan fingerprint density at radius 2 is 1.65 bits per heavy atom. The van der Waals surface area contributed by atoms with Gasteiger partial charge in [-0.05, 0) is 17.2 Å². The number of hydrogen-bond acceptors (Lipinski definition) is 2. The molecule has 3 rings (SSSR count). The van der Waals surface area contributed by atoms with Crippen LogP contribution in [0.15, 0.2) is 54.7 Å². The maximum atomic E-state index is 10.4. The number of rotatable bonds is 2. The van der Waals surface area contributed by atoms with Crippen LogP contribution in [-0.4, -0.2) is 10.1 Å². The highest BCUT2D eigenvalue weighted by molar-refractivity contribution is 6.39. The monoisotopic (exact) mass is 303 g/mol. The Bertz CT molecular complexity index is 759. The van der Waals surface area contributed by atoms with Crippen LogP contribution in [0.3, 0.4) is 0 Å². The van der Waals surface area contributed by atoms with E-state index in [1.807, 2.05) is 48.5 Å². The van der Waals surface area contributed by atoms with E-state index in [-0.39, 0.29) is 0 Å². The van der Waals surface area contributed by atoms with Crippen LogP contribution in [0.1, 0.15) is 17.2 Å². The largest absolute Gasteiger partial charge is 0.384 e. The van der Waals surface area contributed by atoms with Crippen molar-refractivity contribution in [1.82, 2.24) is 4.98 Å². The maximum absolute atomic E-state index is 10.4. The highest BCUT2D eigenvalue weighted by atomic mass is 35.5. The fraction of sp³-hybridized carbons (Fsp3) is 0.0625. The van der Waals surface area contributed by atoms with Gasteiger partial charge in [0.1, 0.15) is 11.3 Å². The molecule has 0 saturated carbocycles. The normalized spacial score (nSPS) is 12.6. The first-order chi connectivity index (χ1) is 9.66. The highest BCUT2D eigenvalue weighted by Gasteiger charge is 2.12. The van der Waals surface area contributed by atoms with E-state index in [0.29, 0.717) is 10.2 Å². The van der Waals surface area contributed by atoms with Crippen LogP contribution in [-0.2, 0) is 0 Å². The number of pyridine rings is 1. The van der Waals surface area contributed by atoms with E-state index in [0.717, 1.165) is 21.9 Å². The second-order valence-corrected chi connectivity index (χ2v) is 5.28. The second-order valence-electron chi connectivity index (χ2n) is 4.52. The molecule has 0 aliphatic rings. The highest BCUT2D eigenvalue weighted by Crippen LogP contribution is 2.31. The van der Waals surface area contributed by atoms with E-state index in [9.17, 15) is 5.11 Å². The van der Waals surface area contributed by atoms with Gasteiger partial charge in [0.15, 0.2) is 0 Å². The molecule has 0 amide bonds. The van der Waals surface area contributed by atoms with Gasteiger partial charge in [-0.3, -0.25) is 0 Å². The summed E-state index contributed by atoms with van der Waals surface area (Å²) in [7, 11) is 0. The van der Waals surface area contributed by atoms with Crippen LogP contribution in [0.25, 0.3) is 10.8 Å². The molecule has 0 radical (unpaired) electrons. The third kappa shape index (κ3) is 2.38. The van der Waals surface area contributed by atoms with E-state index in [4.69, 9.17) is 23.2 Å². The summed E-state index contributed by atoms with van der Waals surface area (Å²) in [6.45, 7) is 0. The van der Waals surface area contributed by atoms with Crippen molar-refractivity contribution in [2.24, 2.45) is 0 Å². The average Bonchev–Trinajstić information content (AvgIpc) is 2.51. The molecule has 2 nitrogen and oxygen atoms in total. The van der Waals surface area contributed by atoms with Gasteiger partial charge < -0.3 is 5.11 Å². The smallest absolute Gasteiger partial charge is 0.136 e. The van der Waals surface area contributed by atoms with Crippen LogP contribution in [0, 0.1) is 0 Å². The molecule has 3 aromatic rings. The van der Waals surface area contributed by atoms with Crippen LogP contribution in [0.4, 0.5) is 0 Å². The quantitative estimate of drug-likeness (QED) is 0.701. The SMILES string of the molecule is OC(c1ccccc1)c1ccc2c(Cl)cnc(Cl)c2c1. The van der Waals surface area contributed by atoms with Crippen molar-refractivity contribution in [3.63, 3.8) is 0 Å². The Balaban J connectivity index is 2.12. The van der Waals surface area contributed by atoms with Gasteiger partial charge >= 0.3 is 0 Å². The summed E-state index contributed by atoms with van der Waals surface area (Å²) in [5.41, 5.74) is 1.59. The lowest BCUT2D eigenvalue weighted by Crippen LogP contribution is -1.99. The number of benzene rings is 2. The first kappa shape index (κ1) is 13.4. The van der Waals surface area contributed by atoms with Gasteiger partial charge in [0.05, 0.1) is 5.02 Å². The fourth-order valence-electron chi connectivity index (χ4n) is 2.19. The molecule has 0 saturated heterocycles. The van der Waals surface area contributed by atoms with Gasteiger partial charge in [0.2, 0.25) is 0 Å². The number of hydrogen-bond donors (Lipinski definition) is 1. The first-order valence-electron chi connectivity index (χ1n) is 6.13. The van der Waals surface area contributed by atoms with E-state index >= 15 is 0 Å². The van der Waals surface area contributed by atoms with Crippen LogP contribution < -0.4 is 0 Å². The van der Waals surface area contributed by atoms with Crippen molar-refractivity contribution in [3.8, 4) is 0 Å². The van der Waals surface area contributed by atoms with Crippen molar-refractivity contribution in [1.29, 1.82) is 0 Å². The summed E-state index contributed by atoms with van der Waals surface area (Å²) < 4.78 is 0. The number of aliphatic hydroxyl groups is 1. The molecule has 20 heavy (non-hydrogen) atoms. The average molecular weight is 304 g/mol. The summed E-state index contributed by atoms with van der Waals surface area (Å²) in [5.74, 6) is 0. The van der Waals surface area contributed by atoms with Crippen LogP contribution >= 0.6 is 23.2 Å².